The number of esters is 2. The third-order valence-electron chi connectivity index (χ3n) is 3.70. The smallest absolute Gasteiger partial charge is 0.355 e. The predicted molar refractivity (Wildman–Crippen MR) is 93.9 cm³/mol. The van der Waals surface area contributed by atoms with Gasteiger partial charge in [0, 0.05) is 6.07 Å². The van der Waals surface area contributed by atoms with E-state index in [4.69, 9.17) is 30.5 Å². The van der Waals surface area contributed by atoms with Crippen molar-refractivity contribution in [2.24, 2.45) is 0 Å². The molecule has 9 nitrogen and oxygen atoms in total. The molecule has 0 radical (unpaired) electrons. The van der Waals surface area contributed by atoms with Crippen LogP contribution < -0.4 is 9.64 Å². The highest BCUT2D eigenvalue weighted by atomic mass is 35.5. The van der Waals surface area contributed by atoms with Gasteiger partial charge < -0.3 is 29.0 Å². The minimum absolute atomic E-state index is 0.0203. The second-order valence-electron chi connectivity index (χ2n) is 5.25. The summed E-state index contributed by atoms with van der Waals surface area (Å²) in [6.45, 7) is 1.63. The molecule has 0 saturated carbocycles. The maximum absolute atomic E-state index is 12.3. The lowest BCUT2D eigenvalue weighted by molar-refractivity contribution is -0.140. The first-order valence-corrected chi connectivity index (χ1v) is 8.18. The SMILES string of the molecule is CCOc1cc(N2COCC(C(=O)OC)=C2C(=O)OC)c(Cl)cc1C(=O)O. The summed E-state index contributed by atoms with van der Waals surface area (Å²) in [5, 5.41) is 9.34. The molecule has 2 rings (SSSR count). The van der Waals surface area contributed by atoms with E-state index in [2.05, 4.69) is 0 Å². The average molecular weight is 400 g/mol. The Morgan fingerprint density at radius 3 is 2.44 bits per heavy atom. The van der Waals surface area contributed by atoms with Gasteiger partial charge in [0.25, 0.3) is 0 Å². The number of carboxylic acid groups (broad SMARTS) is 1. The monoisotopic (exact) mass is 399 g/mol. The number of ether oxygens (including phenoxy) is 4. The lowest BCUT2D eigenvalue weighted by Gasteiger charge is -2.32. The van der Waals surface area contributed by atoms with Crippen LogP contribution in [0.5, 0.6) is 5.75 Å². The Kier molecular flexibility index (Phi) is 6.65. The van der Waals surface area contributed by atoms with Gasteiger partial charge in [-0.2, -0.15) is 0 Å². The maximum Gasteiger partial charge on any atom is 0.355 e. The largest absolute Gasteiger partial charge is 0.493 e. The Morgan fingerprint density at radius 1 is 1.22 bits per heavy atom. The molecule has 0 unspecified atom stereocenters. The van der Waals surface area contributed by atoms with Crippen molar-refractivity contribution in [3.05, 3.63) is 34.0 Å². The number of anilines is 1. The van der Waals surface area contributed by atoms with E-state index in [0.717, 1.165) is 0 Å². The van der Waals surface area contributed by atoms with Gasteiger partial charge in [-0.3, -0.25) is 0 Å². The molecule has 1 N–H and O–H groups in total. The van der Waals surface area contributed by atoms with E-state index in [1.165, 1.54) is 31.3 Å². The first-order chi connectivity index (χ1) is 12.8. The molecule has 1 aromatic carbocycles. The Morgan fingerprint density at radius 2 is 1.89 bits per heavy atom. The zero-order valence-electron chi connectivity index (χ0n) is 14.9. The normalized spacial score (nSPS) is 14.0. The van der Waals surface area contributed by atoms with Gasteiger partial charge in [-0.1, -0.05) is 11.6 Å². The van der Waals surface area contributed by atoms with Crippen molar-refractivity contribution in [3.63, 3.8) is 0 Å². The number of methoxy groups -OCH3 is 2. The van der Waals surface area contributed by atoms with Crippen LogP contribution in [0.25, 0.3) is 0 Å². The van der Waals surface area contributed by atoms with E-state index in [9.17, 15) is 19.5 Å². The van der Waals surface area contributed by atoms with Gasteiger partial charge in [0.15, 0.2) is 0 Å². The Labute approximate surface area is 160 Å². The summed E-state index contributed by atoms with van der Waals surface area (Å²) < 4.78 is 20.2. The molecule has 0 amide bonds. The second-order valence-corrected chi connectivity index (χ2v) is 5.66. The number of hydrogen-bond acceptors (Lipinski definition) is 8. The highest BCUT2D eigenvalue weighted by molar-refractivity contribution is 6.34. The van der Waals surface area contributed by atoms with Crippen LogP contribution in [-0.2, 0) is 23.8 Å². The fourth-order valence-corrected chi connectivity index (χ4v) is 2.79. The minimum atomic E-state index is -1.22. The standard InChI is InChI=1S/C17H18ClNO8/c1-4-27-13-6-12(11(18)5-9(13)15(20)21)19-8-26-7-10(16(22)24-2)14(19)17(23)25-3/h5-6H,4,7-8H2,1-3H3,(H,20,21). The first-order valence-electron chi connectivity index (χ1n) is 7.80. The molecule has 0 aliphatic carbocycles. The first kappa shape index (κ1) is 20.5. The lowest BCUT2D eigenvalue weighted by Crippen LogP contribution is -2.39. The topological polar surface area (TPSA) is 112 Å². The predicted octanol–water partition coefficient (Wildman–Crippen LogP) is 1.83. The molecule has 1 heterocycles. The molecule has 27 heavy (non-hydrogen) atoms. The van der Waals surface area contributed by atoms with Crippen molar-refractivity contribution >= 4 is 35.2 Å². The molecule has 146 valence electrons. The quantitative estimate of drug-likeness (QED) is 0.716. The van der Waals surface area contributed by atoms with E-state index in [0.29, 0.717) is 0 Å². The summed E-state index contributed by atoms with van der Waals surface area (Å²) in [7, 11) is 2.34. The minimum Gasteiger partial charge on any atom is -0.493 e. The molecule has 1 aromatic rings. The number of carboxylic acids is 1. The van der Waals surface area contributed by atoms with E-state index in [1.54, 1.807) is 6.92 Å². The van der Waals surface area contributed by atoms with Crippen LogP contribution in [0, 0.1) is 0 Å². The van der Waals surface area contributed by atoms with E-state index < -0.39 is 17.9 Å². The van der Waals surface area contributed by atoms with E-state index in [-0.39, 0.29) is 53.2 Å². The molecular formula is C17H18ClNO8. The van der Waals surface area contributed by atoms with Gasteiger partial charge >= 0.3 is 17.9 Å². The Bertz CT molecular complexity index is 804. The van der Waals surface area contributed by atoms with E-state index in [1.807, 2.05) is 0 Å². The molecule has 0 fully saturated rings. The third kappa shape index (κ3) is 4.15. The van der Waals surface area contributed by atoms with Crippen LogP contribution in [0.15, 0.2) is 23.4 Å². The summed E-state index contributed by atoms with van der Waals surface area (Å²) in [6.07, 6.45) is 0. The highest BCUT2D eigenvalue weighted by Gasteiger charge is 2.34. The van der Waals surface area contributed by atoms with Crippen molar-refractivity contribution in [1.29, 1.82) is 0 Å². The second kappa shape index (κ2) is 8.74. The number of rotatable bonds is 6. The number of benzene rings is 1. The third-order valence-corrected chi connectivity index (χ3v) is 4.01. The molecule has 0 spiro atoms. The van der Waals surface area contributed by atoms with Gasteiger partial charge in [-0.05, 0) is 13.0 Å². The Balaban J connectivity index is 2.67. The zero-order chi connectivity index (χ0) is 20.1. The zero-order valence-corrected chi connectivity index (χ0v) is 15.7. The highest BCUT2D eigenvalue weighted by Crippen LogP contribution is 2.37. The molecule has 0 saturated heterocycles. The van der Waals surface area contributed by atoms with Gasteiger partial charge in [-0.15, -0.1) is 0 Å². The van der Waals surface area contributed by atoms with Crippen LogP contribution in [0.2, 0.25) is 5.02 Å². The molecule has 0 bridgehead atoms. The van der Waals surface area contributed by atoms with Crippen LogP contribution in [0.1, 0.15) is 17.3 Å². The van der Waals surface area contributed by atoms with Gasteiger partial charge in [0.05, 0.1) is 43.7 Å². The van der Waals surface area contributed by atoms with Crippen molar-refractivity contribution in [2.45, 2.75) is 6.92 Å². The maximum atomic E-state index is 12.3. The number of halogens is 1. The summed E-state index contributed by atoms with van der Waals surface area (Å²) >= 11 is 6.25. The van der Waals surface area contributed by atoms with Crippen molar-refractivity contribution in [3.8, 4) is 5.75 Å². The molecule has 10 heteroatoms. The fraction of sp³-hybridized carbons (Fsp3) is 0.353. The number of aromatic carboxylic acids is 1. The van der Waals surface area contributed by atoms with Crippen LogP contribution in [0.3, 0.4) is 0 Å². The number of carbonyl (C=O) groups is 3. The molecule has 1 aliphatic heterocycles. The fourth-order valence-electron chi connectivity index (χ4n) is 2.53. The molecular weight excluding hydrogens is 382 g/mol. The van der Waals surface area contributed by atoms with Gasteiger partial charge in [0.1, 0.15) is 23.7 Å². The summed E-state index contributed by atoms with van der Waals surface area (Å²) in [6, 6.07) is 2.56. The molecule has 1 aliphatic rings. The number of carbonyl (C=O) groups excluding carboxylic acids is 2. The summed E-state index contributed by atoms with van der Waals surface area (Å²) in [5.41, 5.74) is -0.0816. The van der Waals surface area contributed by atoms with Crippen molar-refractivity contribution in [1.82, 2.24) is 0 Å². The van der Waals surface area contributed by atoms with E-state index >= 15 is 0 Å². The van der Waals surface area contributed by atoms with Crippen LogP contribution >= 0.6 is 11.6 Å². The number of hydrogen-bond donors (Lipinski definition) is 1. The molecule has 0 aromatic heterocycles. The van der Waals surface area contributed by atoms with Gasteiger partial charge in [-0.25, -0.2) is 14.4 Å². The van der Waals surface area contributed by atoms with Gasteiger partial charge in [0.2, 0.25) is 0 Å². The summed E-state index contributed by atoms with van der Waals surface area (Å²) in [4.78, 5) is 37.1. The van der Waals surface area contributed by atoms with Crippen molar-refractivity contribution < 1.29 is 38.4 Å². The van der Waals surface area contributed by atoms with Crippen LogP contribution in [0.4, 0.5) is 5.69 Å². The summed E-state index contributed by atoms with van der Waals surface area (Å²) in [5.74, 6) is -2.72. The molecule has 0 atom stereocenters. The van der Waals surface area contributed by atoms with Crippen molar-refractivity contribution in [2.75, 3.05) is 39.1 Å². The average Bonchev–Trinajstić information content (AvgIpc) is 2.67. The lowest BCUT2D eigenvalue weighted by atomic mass is 10.1. The van der Waals surface area contributed by atoms with Crippen LogP contribution in [-0.4, -0.2) is 57.2 Å². The number of nitrogens with zero attached hydrogens (tertiary/aromatic N) is 1. The Hall–Kier alpha value is -2.78.